The van der Waals surface area contributed by atoms with Crippen LogP contribution in [0.2, 0.25) is 6.32 Å². The van der Waals surface area contributed by atoms with Crippen LogP contribution in [0.15, 0.2) is 12.1 Å². The molecule has 0 spiro atoms. The second kappa shape index (κ2) is 7.11. The fraction of sp³-hybridized carbons (Fsp3) is 0.667. The van der Waals surface area contributed by atoms with Gasteiger partial charge < -0.3 is 20.9 Å². The minimum Gasteiger partial charge on any atom is -0.481 e. The molecule has 2 aliphatic carbocycles. The number of hydrogen-bond donors (Lipinski definition) is 4. The zero-order valence-electron chi connectivity index (χ0n) is 17.0. The molecule has 1 saturated carbocycles. The highest BCUT2D eigenvalue weighted by atomic mass is 19.1. The largest absolute Gasteiger partial charge is 0.481 e. The Balaban J connectivity index is 2.03. The van der Waals surface area contributed by atoms with E-state index in [0.717, 1.165) is 24.8 Å². The van der Waals surface area contributed by atoms with Crippen molar-refractivity contribution in [3.63, 3.8) is 0 Å². The summed E-state index contributed by atoms with van der Waals surface area (Å²) in [6.07, 6.45) is 4.32. The van der Waals surface area contributed by atoms with E-state index in [9.17, 15) is 9.90 Å². The van der Waals surface area contributed by atoms with Crippen molar-refractivity contribution < 1.29 is 24.3 Å². The van der Waals surface area contributed by atoms with Gasteiger partial charge in [0.05, 0.1) is 5.41 Å². The van der Waals surface area contributed by atoms with Gasteiger partial charge in [0.2, 0.25) is 0 Å². The van der Waals surface area contributed by atoms with Crippen LogP contribution in [-0.4, -0.2) is 33.8 Å². The van der Waals surface area contributed by atoms with Crippen molar-refractivity contribution in [2.45, 2.75) is 82.0 Å². The molecule has 0 aromatic heterocycles. The summed E-state index contributed by atoms with van der Waals surface area (Å²) < 4.78 is 15.2. The summed E-state index contributed by atoms with van der Waals surface area (Å²) in [6.45, 7) is 5.54. The molecule has 154 valence electrons. The van der Waals surface area contributed by atoms with Crippen LogP contribution in [0, 0.1) is 11.7 Å². The monoisotopic (exact) mass is 391 g/mol. The van der Waals surface area contributed by atoms with Gasteiger partial charge in [-0.2, -0.15) is 0 Å². The Morgan fingerprint density at radius 1 is 1.32 bits per heavy atom. The Kier molecular flexibility index (Phi) is 5.41. The summed E-state index contributed by atoms with van der Waals surface area (Å²) in [5.74, 6) is -1.43. The molecule has 2 atom stereocenters. The minimum atomic E-state index is -1.39. The molecule has 1 fully saturated rings. The first-order valence-electron chi connectivity index (χ1n) is 10.2. The lowest BCUT2D eigenvalue weighted by Crippen LogP contribution is -2.58. The van der Waals surface area contributed by atoms with Gasteiger partial charge in [0.1, 0.15) is 5.82 Å². The molecule has 0 unspecified atom stereocenters. The van der Waals surface area contributed by atoms with Gasteiger partial charge in [-0.3, -0.25) is 4.79 Å². The smallest absolute Gasteiger partial charge is 0.451 e. The number of fused-ring (bicyclic) bond motifs is 1. The number of halogens is 1. The van der Waals surface area contributed by atoms with Gasteiger partial charge in [0.25, 0.3) is 0 Å². The van der Waals surface area contributed by atoms with Crippen LogP contribution < -0.4 is 5.73 Å². The van der Waals surface area contributed by atoms with E-state index in [1.165, 1.54) is 6.07 Å². The normalized spacial score (nSPS) is 25.9. The number of hydrogen-bond acceptors (Lipinski definition) is 4. The van der Waals surface area contributed by atoms with E-state index in [1.807, 2.05) is 13.8 Å². The number of benzene rings is 1. The number of aliphatic carboxylic acids is 1. The highest BCUT2D eigenvalue weighted by Crippen LogP contribution is 2.54. The van der Waals surface area contributed by atoms with Crippen LogP contribution >= 0.6 is 0 Å². The molecule has 1 aromatic rings. The molecule has 0 heterocycles. The molecule has 1 aromatic carbocycles. The molecule has 0 amide bonds. The van der Waals surface area contributed by atoms with Gasteiger partial charge in [-0.15, -0.1) is 0 Å². The van der Waals surface area contributed by atoms with E-state index in [4.69, 9.17) is 15.8 Å². The van der Waals surface area contributed by atoms with Gasteiger partial charge in [-0.1, -0.05) is 18.9 Å². The molecule has 5 N–H and O–H groups in total. The van der Waals surface area contributed by atoms with E-state index in [-0.39, 0.29) is 18.1 Å². The van der Waals surface area contributed by atoms with Crippen LogP contribution in [0.25, 0.3) is 0 Å². The molecule has 5 nitrogen and oxygen atoms in total. The molecule has 0 radical (unpaired) electrons. The van der Waals surface area contributed by atoms with Crippen molar-refractivity contribution in [1.29, 1.82) is 0 Å². The third kappa shape index (κ3) is 3.17. The molecule has 2 aliphatic rings. The van der Waals surface area contributed by atoms with Crippen LogP contribution in [0.5, 0.6) is 0 Å². The van der Waals surface area contributed by atoms with Gasteiger partial charge in [0.15, 0.2) is 0 Å². The molecular weight excluding hydrogens is 360 g/mol. The minimum absolute atomic E-state index is 0.201. The number of carboxylic acid groups (broad SMARTS) is 1. The van der Waals surface area contributed by atoms with Crippen LogP contribution in [0.4, 0.5) is 4.39 Å². The summed E-state index contributed by atoms with van der Waals surface area (Å²) in [5.41, 5.74) is 6.22. The second-order valence-electron chi connectivity index (χ2n) is 9.47. The maximum Gasteiger partial charge on any atom is 0.451 e. The van der Waals surface area contributed by atoms with Crippen molar-refractivity contribution in [3.05, 3.63) is 34.6 Å². The average Bonchev–Trinajstić information content (AvgIpc) is 2.78. The highest BCUT2D eigenvalue weighted by molar-refractivity contribution is 6.40. The molecule has 0 saturated heterocycles. The van der Waals surface area contributed by atoms with Crippen molar-refractivity contribution in [2.24, 2.45) is 11.7 Å². The Labute approximate surface area is 166 Å². The van der Waals surface area contributed by atoms with E-state index in [0.29, 0.717) is 30.4 Å². The fourth-order valence-electron chi connectivity index (χ4n) is 5.34. The standard InChI is InChI=1S/C21H31BFNO4/c1-19(2,24)21(7-5-8-21)16-12-15-13(11-17(16)23)10-14(6-4-9-22(27)28)20(15,3)18(25)26/h11-12,14,27-28H,4-10,24H2,1-3H3,(H,25,26)/t14-,20-/m0/s1. The first-order valence-corrected chi connectivity index (χ1v) is 10.2. The summed E-state index contributed by atoms with van der Waals surface area (Å²) >= 11 is 0. The van der Waals surface area contributed by atoms with Crippen LogP contribution in [0.1, 0.15) is 69.6 Å². The van der Waals surface area contributed by atoms with Gasteiger partial charge in [0, 0.05) is 11.0 Å². The Morgan fingerprint density at radius 2 is 1.96 bits per heavy atom. The molecular formula is C21H31BFNO4. The lowest BCUT2D eigenvalue weighted by Gasteiger charge is -2.52. The third-order valence-corrected chi connectivity index (χ3v) is 7.45. The van der Waals surface area contributed by atoms with Gasteiger partial charge in [-0.05, 0) is 81.4 Å². The molecule has 0 bridgehead atoms. The highest BCUT2D eigenvalue weighted by Gasteiger charge is 2.53. The summed E-state index contributed by atoms with van der Waals surface area (Å²) in [4.78, 5) is 12.3. The van der Waals surface area contributed by atoms with E-state index in [2.05, 4.69) is 0 Å². The molecule has 3 rings (SSSR count). The Hall–Kier alpha value is -1.44. The number of carboxylic acids is 1. The third-order valence-electron chi connectivity index (χ3n) is 7.45. The maximum atomic E-state index is 15.2. The SMILES string of the molecule is CC(C)(N)C1(c2cc3c(cc2F)C[C@H](CCCB(O)O)[C@]3(C)C(=O)O)CCC1. The average molecular weight is 391 g/mol. The van der Waals surface area contributed by atoms with Crippen molar-refractivity contribution >= 4 is 13.1 Å². The van der Waals surface area contributed by atoms with Gasteiger partial charge in [-0.25, -0.2) is 4.39 Å². The number of carbonyl (C=O) groups is 1. The molecule has 0 aliphatic heterocycles. The predicted octanol–water partition coefficient (Wildman–Crippen LogP) is 2.75. The Bertz CT molecular complexity index is 772. The van der Waals surface area contributed by atoms with E-state index in [1.54, 1.807) is 13.0 Å². The van der Waals surface area contributed by atoms with Crippen LogP contribution in [-0.2, 0) is 22.0 Å². The fourth-order valence-corrected chi connectivity index (χ4v) is 5.34. The summed E-state index contributed by atoms with van der Waals surface area (Å²) in [6, 6.07) is 3.28. The van der Waals surface area contributed by atoms with Gasteiger partial charge >= 0.3 is 13.1 Å². The predicted molar refractivity (Wildman–Crippen MR) is 107 cm³/mol. The lowest BCUT2D eigenvalue weighted by atomic mass is 9.54. The molecule has 28 heavy (non-hydrogen) atoms. The van der Waals surface area contributed by atoms with Crippen molar-refractivity contribution in [1.82, 2.24) is 0 Å². The van der Waals surface area contributed by atoms with E-state index < -0.39 is 29.5 Å². The summed E-state index contributed by atoms with van der Waals surface area (Å²) in [7, 11) is -1.39. The zero-order chi connectivity index (χ0) is 20.9. The lowest BCUT2D eigenvalue weighted by molar-refractivity contribution is -0.145. The maximum absolute atomic E-state index is 15.2. The van der Waals surface area contributed by atoms with Crippen LogP contribution in [0.3, 0.4) is 0 Å². The quantitative estimate of drug-likeness (QED) is 0.535. The van der Waals surface area contributed by atoms with Crippen molar-refractivity contribution in [2.75, 3.05) is 0 Å². The molecule has 7 heteroatoms. The van der Waals surface area contributed by atoms with E-state index >= 15 is 4.39 Å². The Morgan fingerprint density at radius 3 is 2.43 bits per heavy atom. The zero-order valence-corrected chi connectivity index (χ0v) is 17.0. The first-order chi connectivity index (χ1) is 12.9. The summed E-state index contributed by atoms with van der Waals surface area (Å²) in [5, 5.41) is 28.3. The second-order valence-corrected chi connectivity index (χ2v) is 9.47. The topological polar surface area (TPSA) is 104 Å². The van der Waals surface area contributed by atoms with Crippen molar-refractivity contribution in [3.8, 4) is 0 Å². The first kappa shape index (κ1) is 21.3. The number of nitrogens with two attached hydrogens (primary N) is 1. The number of rotatable bonds is 7.